The number of carbonyl (C=O) groups is 1. The van der Waals surface area contributed by atoms with Crippen molar-refractivity contribution < 1.29 is 14.6 Å². The zero-order valence-electron chi connectivity index (χ0n) is 16.9. The first-order valence-electron chi connectivity index (χ1n) is 9.48. The smallest absolute Gasteiger partial charge is 0.248 e. The number of hydrogen-bond acceptors (Lipinski definition) is 4. The second-order valence-electron chi connectivity index (χ2n) is 8.18. The first kappa shape index (κ1) is 20.0. The van der Waals surface area contributed by atoms with Crippen molar-refractivity contribution in [2.45, 2.75) is 32.3 Å². The summed E-state index contributed by atoms with van der Waals surface area (Å²) in [4.78, 5) is 14.3. The number of ether oxygens (including phenoxy) is 1. The number of nitrogens with one attached hydrogen (secondary N) is 1. The van der Waals surface area contributed by atoms with Crippen LogP contribution >= 0.6 is 0 Å². The molecule has 0 saturated carbocycles. The van der Waals surface area contributed by atoms with Crippen LogP contribution in [0.2, 0.25) is 0 Å². The lowest BCUT2D eigenvalue weighted by Gasteiger charge is -2.33. The van der Waals surface area contributed by atoms with Crippen LogP contribution in [0.1, 0.15) is 31.9 Å². The summed E-state index contributed by atoms with van der Waals surface area (Å²) in [5, 5.41) is 12.2. The van der Waals surface area contributed by atoms with Crippen molar-refractivity contribution >= 4 is 23.4 Å². The van der Waals surface area contributed by atoms with Crippen LogP contribution in [0, 0.1) is 0 Å². The first-order chi connectivity index (χ1) is 13.3. The third kappa shape index (κ3) is 4.73. The second kappa shape index (κ2) is 8.07. The highest BCUT2D eigenvalue weighted by Gasteiger charge is 2.23. The van der Waals surface area contributed by atoms with Gasteiger partial charge in [-0.15, -0.1) is 0 Å². The van der Waals surface area contributed by atoms with Crippen LogP contribution in [0.4, 0.5) is 11.4 Å². The molecule has 28 heavy (non-hydrogen) atoms. The summed E-state index contributed by atoms with van der Waals surface area (Å²) < 4.78 is 5.73. The molecule has 1 amide bonds. The molecule has 0 aliphatic carbocycles. The van der Waals surface area contributed by atoms with E-state index in [2.05, 4.69) is 38.2 Å². The number of carbonyl (C=O) groups excluding carboxylic acids is 1. The van der Waals surface area contributed by atoms with E-state index in [0.717, 1.165) is 11.3 Å². The van der Waals surface area contributed by atoms with Crippen molar-refractivity contribution in [3.63, 3.8) is 0 Å². The van der Waals surface area contributed by atoms with Crippen LogP contribution in [0.5, 0.6) is 5.75 Å². The molecule has 5 nitrogen and oxygen atoms in total. The molecule has 2 aromatic rings. The highest BCUT2D eigenvalue weighted by Crippen LogP contribution is 2.34. The fraction of sp³-hybridized carbons (Fsp3) is 0.348. The van der Waals surface area contributed by atoms with E-state index in [0.29, 0.717) is 18.0 Å². The van der Waals surface area contributed by atoms with Gasteiger partial charge in [-0.2, -0.15) is 0 Å². The molecule has 0 radical (unpaired) electrons. The summed E-state index contributed by atoms with van der Waals surface area (Å²) in [5.41, 5.74) is 3.95. The Morgan fingerprint density at radius 2 is 1.96 bits per heavy atom. The Morgan fingerprint density at radius 1 is 1.25 bits per heavy atom. The van der Waals surface area contributed by atoms with Gasteiger partial charge in [0.15, 0.2) is 0 Å². The first-order valence-corrected chi connectivity index (χ1v) is 9.48. The Bertz CT molecular complexity index is 866. The Hall–Kier alpha value is -2.79. The minimum Gasteiger partial charge on any atom is -0.484 e. The second-order valence-corrected chi connectivity index (χ2v) is 8.18. The molecule has 2 N–H and O–H groups in total. The summed E-state index contributed by atoms with van der Waals surface area (Å²) >= 11 is 0. The molecule has 3 rings (SSSR count). The maximum absolute atomic E-state index is 12.3. The maximum atomic E-state index is 12.3. The lowest BCUT2D eigenvalue weighted by atomic mass is 9.87. The molecular weight excluding hydrogens is 352 g/mol. The Balaban J connectivity index is 1.65. The Labute approximate surface area is 166 Å². The highest BCUT2D eigenvalue weighted by molar-refractivity contribution is 6.02. The number of nitrogens with zero attached hydrogens (tertiary/aromatic N) is 1. The van der Waals surface area contributed by atoms with E-state index in [-0.39, 0.29) is 24.0 Å². The monoisotopic (exact) mass is 380 g/mol. The maximum Gasteiger partial charge on any atom is 0.248 e. The van der Waals surface area contributed by atoms with Crippen molar-refractivity contribution in [2.75, 3.05) is 30.4 Å². The van der Waals surface area contributed by atoms with Crippen LogP contribution < -0.4 is 15.0 Å². The lowest BCUT2D eigenvalue weighted by Crippen LogP contribution is -2.39. The average Bonchev–Trinajstić information content (AvgIpc) is 2.66. The number of amides is 1. The molecule has 1 unspecified atom stereocenters. The van der Waals surface area contributed by atoms with Crippen molar-refractivity contribution in [3.8, 4) is 5.75 Å². The third-order valence-electron chi connectivity index (χ3n) is 4.82. The zero-order chi connectivity index (χ0) is 20.3. The van der Waals surface area contributed by atoms with Gasteiger partial charge in [-0.25, -0.2) is 0 Å². The van der Waals surface area contributed by atoms with Crippen LogP contribution in [0.15, 0.2) is 48.5 Å². The Kier molecular flexibility index (Phi) is 5.75. The molecule has 2 aromatic carbocycles. The normalized spacial score (nSPS) is 16.6. The molecular formula is C23H28N2O3. The molecule has 5 heteroatoms. The summed E-state index contributed by atoms with van der Waals surface area (Å²) in [6.07, 6.45) is 3.11. The molecule has 0 spiro atoms. The largest absolute Gasteiger partial charge is 0.484 e. The number of benzene rings is 2. The fourth-order valence-corrected chi connectivity index (χ4v) is 3.16. The molecule has 0 aromatic heterocycles. The molecule has 1 aliphatic heterocycles. The number of likely N-dealkylation sites (N-methyl/N-ethyl adjacent to an activating group) is 1. The summed E-state index contributed by atoms with van der Waals surface area (Å²) in [5.74, 6) is 0.521. The van der Waals surface area contributed by atoms with Gasteiger partial charge >= 0.3 is 0 Å². The zero-order valence-corrected chi connectivity index (χ0v) is 16.9. The SMILES string of the molecule is CN1CC(CO)Oc2ccc(NC(=O)/C=C/c3ccc(C(C)(C)C)cc3)cc21. The lowest BCUT2D eigenvalue weighted by molar-refractivity contribution is -0.111. The van der Waals surface area contributed by atoms with Crippen LogP contribution in [-0.4, -0.2) is 37.3 Å². The predicted molar refractivity (Wildman–Crippen MR) is 114 cm³/mol. The fourth-order valence-electron chi connectivity index (χ4n) is 3.16. The third-order valence-corrected chi connectivity index (χ3v) is 4.82. The number of aliphatic hydroxyl groups excluding tert-OH is 1. The van der Waals surface area contributed by atoms with E-state index in [1.807, 2.05) is 36.2 Å². The minimum atomic E-state index is -0.231. The van der Waals surface area contributed by atoms with Crippen LogP contribution in [-0.2, 0) is 10.2 Å². The topological polar surface area (TPSA) is 61.8 Å². The van der Waals surface area contributed by atoms with Gasteiger partial charge in [0.1, 0.15) is 11.9 Å². The minimum absolute atomic E-state index is 0.0240. The summed E-state index contributed by atoms with van der Waals surface area (Å²) in [7, 11) is 1.94. The number of fused-ring (bicyclic) bond motifs is 1. The van der Waals surface area contributed by atoms with Gasteiger partial charge in [-0.1, -0.05) is 45.0 Å². The number of aliphatic hydroxyl groups is 1. The molecule has 0 bridgehead atoms. The van der Waals surface area contributed by atoms with E-state index < -0.39 is 0 Å². The van der Waals surface area contributed by atoms with Crippen molar-refractivity contribution in [2.24, 2.45) is 0 Å². The molecule has 148 valence electrons. The van der Waals surface area contributed by atoms with E-state index in [9.17, 15) is 9.90 Å². The molecule has 1 aliphatic rings. The molecule has 1 atom stereocenters. The number of anilines is 2. The van der Waals surface area contributed by atoms with E-state index >= 15 is 0 Å². The molecule has 0 fully saturated rings. The van der Waals surface area contributed by atoms with Crippen LogP contribution in [0.25, 0.3) is 6.08 Å². The van der Waals surface area contributed by atoms with E-state index in [1.54, 1.807) is 12.1 Å². The quantitative estimate of drug-likeness (QED) is 0.792. The van der Waals surface area contributed by atoms with E-state index in [4.69, 9.17) is 4.74 Å². The van der Waals surface area contributed by atoms with Crippen molar-refractivity contribution in [1.29, 1.82) is 0 Å². The number of hydrogen-bond donors (Lipinski definition) is 2. The Morgan fingerprint density at radius 3 is 2.61 bits per heavy atom. The molecule has 0 saturated heterocycles. The van der Waals surface area contributed by atoms with Crippen LogP contribution in [0.3, 0.4) is 0 Å². The van der Waals surface area contributed by atoms with Crippen molar-refractivity contribution in [3.05, 3.63) is 59.7 Å². The van der Waals surface area contributed by atoms with Gasteiger partial charge < -0.3 is 20.1 Å². The van der Waals surface area contributed by atoms with Gasteiger partial charge in [-0.05, 0) is 40.8 Å². The number of rotatable bonds is 4. The molecule has 1 heterocycles. The van der Waals surface area contributed by atoms with Gasteiger partial charge in [0, 0.05) is 18.8 Å². The summed E-state index contributed by atoms with van der Waals surface area (Å²) in [6, 6.07) is 13.7. The van der Waals surface area contributed by atoms with Crippen molar-refractivity contribution in [1.82, 2.24) is 0 Å². The predicted octanol–water partition coefficient (Wildman–Crippen LogP) is 3.83. The van der Waals surface area contributed by atoms with Gasteiger partial charge in [0.2, 0.25) is 5.91 Å². The average molecular weight is 380 g/mol. The summed E-state index contributed by atoms with van der Waals surface area (Å²) in [6.45, 7) is 7.11. The van der Waals surface area contributed by atoms with Gasteiger partial charge in [0.25, 0.3) is 0 Å². The highest BCUT2D eigenvalue weighted by atomic mass is 16.5. The standard InChI is InChI=1S/C23H28N2O3/c1-23(2,3)17-8-5-16(6-9-17)7-12-22(27)24-18-10-11-21-20(13-18)25(4)14-19(15-26)28-21/h5-13,19,26H,14-15H2,1-4H3,(H,24,27)/b12-7+. The van der Waals surface area contributed by atoms with Gasteiger partial charge in [-0.3, -0.25) is 4.79 Å². The van der Waals surface area contributed by atoms with E-state index in [1.165, 1.54) is 11.6 Å². The van der Waals surface area contributed by atoms with Gasteiger partial charge in [0.05, 0.1) is 18.8 Å².